The zero-order valence-corrected chi connectivity index (χ0v) is 14.7. The van der Waals surface area contributed by atoms with E-state index in [9.17, 15) is 0 Å². The third-order valence-electron chi connectivity index (χ3n) is 4.09. The molecule has 0 bridgehead atoms. The van der Waals surface area contributed by atoms with Crippen molar-refractivity contribution in [1.82, 2.24) is 19.8 Å². The van der Waals surface area contributed by atoms with Gasteiger partial charge in [-0.15, -0.1) is 10.2 Å². The molecule has 0 radical (unpaired) electrons. The topological polar surface area (TPSA) is 52.3 Å². The summed E-state index contributed by atoms with van der Waals surface area (Å²) >= 11 is 1.61. The average molecular weight is 350 g/mol. The maximum Gasteiger partial charge on any atom is 0.234 e. The maximum absolute atomic E-state index is 5.20. The normalized spacial score (nSPS) is 11.1. The summed E-state index contributed by atoms with van der Waals surface area (Å²) < 4.78 is 7.07. The summed E-state index contributed by atoms with van der Waals surface area (Å²) in [5, 5.41) is 14.3. The second kappa shape index (κ2) is 7.03. The molecule has 0 aliphatic carbocycles. The lowest BCUT2D eigenvalue weighted by molar-refractivity contribution is 0.414. The largest absolute Gasteiger partial charge is 0.497 e. The number of aromatic nitrogens is 4. The highest BCUT2D eigenvalue weighted by Gasteiger charge is 2.12. The number of ether oxygens (including phenoxy) is 1. The molecule has 2 aromatic carbocycles. The van der Waals surface area contributed by atoms with Gasteiger partial charge in [0.1, 0.15) is 10.8 Å². The van der Waals surface area contributed by atoms with Crippen molar-refractivity contribution in [2.45, 2.75) is 19.3 Å². The molecule has 25 heavy (non-hydrogen) atoms. The summed E-state index contributed by atoms with van der Waals surface area (Å²) in [5.74, 6) is 1.72. The van der Waals surface area contributed by atoms with E-state index in [-0.39, 0.29) is 0 Å². The van der Waals surface area contributed by atoms with E-state index in [1.54, 1.807) is 18.4 Å². The van der Waals surface area contributed by atoms with Crippen LogP contribution in [0.2, 0.25) is 0 Å². The molecule has 0 amide bonds. The highest BCUT2D eigenvalue weighted by molar-refractivity contribution is 7.16. The Labute approximate surface area is 149 Å². The molecule has 0 spiro atoms. The predicted molar refractivity (Wildman–Crippen MR) is 98.3 cm³/mol. The zero-order valence-electron chi connectivity index (χ0n) is 13.9. The van der Waals surface area contributed by atoms with Gasteiger partial charge in [-0.2, -0.15) is 9.61 Å². The van der Waals surface area contributed by atoms with E-state index in [4.69, 9.17) is 9.84 Å². The summed E-state index contributed by atoms with van der Waals surface area (Å²) in [6.45, 7) is 0. The molecule has 4 rings (SSSR count). The van der Waals surface area contributed by atoms with Crippen molar-refractivity contribution in [2.75, 3.05) is 7.11 Å². The van der Waals surface area contributed by atoms with Gasteiger partial charge in [-0.3, -0.25) is 0 Å². The van der Waals surface area contributed by atoms with Crippen LogP contribution < -0.4 is 4.74 Å². The molecule has 0 saturated carbocycles. The highest BCUT2D eigenvalue weighted by Crippen LogP contribution is 2.19. The third kappa shape index (κ3) is 3.53. The minimum absolute atomic E-state index is 0.701. The van der Waals surface area contributed by atoms with Gasteiger partial charge in [0.25, 0.3) is 0 Å². The summed E-state index contributed by atoms with van der Waals surface area (Å²) in [7, 11) is 1.67. The fourth-order valence-corrected chi connectivity index (χ4v) is 3.58. The second-order valence-electron chi connectivity index (χ2n) is 5.82. The first kappa shape index (κ1) is 15.8. The number of rotatable bonds is 6. The van der Waals surface area contributed by atoms with Gasteiger partial charge in [0.2, 0.25) is 4.96 Å². The molecule has 126 valence electrons. The van der Waals surface area contributed by atoms with E-state index in [1.807, 2.05) is 34.8 Å². The molecular formula is C19H18N4OS. The molecule has 0 aliphatic heterocycles. The Bertz CT molecular complexity index is 960. The lowest BCUT2D eigenvalue weighted by atomic mass is 10.1. The summed E-state index contributed by atoms with van der Waals surface area (Å²) in [6, 6.07) is 18.5. The lowest BCUT2D eigenvalue weighted by Crippen LogP contribution is -1.99. The fraction of sp³-hybridized carbons (Fsp3) is 0.211. The van der Waals surface area contributed by atoms with Gasteiger partial charge in [-0.05, 0) is 29.7 Å². The van der Waals surface area contributed by atoms with Gasteiger partial charge in [0.15, 0.2) is 5.82 Å². The van der Waals surface area contributed by atoms with Crippen LogP contribution in [-0.2, 0) is 19.3 Å². The molecular weight excluding hydrogens is 332 g/mol. The second-order valence-corrected chi connectivity index (χ2v) is 6.86. The van der Waals surface area contributed by atoms with Crippen LogP contribution in [0.15, 0.2) is 54.6 Å². The molecule has 0 atom stereocenters. The van der Waals surface area contributed by atoms with Crippen molar-refractivity contribution >= 4 is 16.3 Å². The van der Waals surface area contributed by atoms with E-state index in [2.05, 4.69) is 34.5 Å². The van der Waals surface area contributed by atoms with Crippen LogP contribution in [0.3, 0.4) is 0 Å². The van der Waals surface area contributed by atoms with E-state index in [0.29, 0.717) is 6.42 Å². The van der Waals surface area contributed by atoms with Gasteiger partial charge in [-0.25, -0.2) is 0 Å². The smallest absolute Gasteiger partial charge is 0.234 e. The molecule has 0 unspecified atom stereocenters. The minimum atomic E-state index is 0.701. The summed E-state index contributed by atoms with van der Waals surface area (Å²) in [6.07, 6.45) is 2.60. The first-order chi connectivity index (χ1) is 12.3. The first-order valence-corrected chi connectivity index (χ1v) is 9.00. The number of nitrogens with zero attached hydrogens (tertiary/aromatic N) is 4. The molecule has 4 aromatic rings. The number of hydrogen-bond donors (Lipinski definition) is 0. The van der Waals surface area contributed by atoms with Crippen LogP contribution >= 0.6 is 11.3 Å². The van der Waals surface area contributed by atoms with Crippen LogP contribution in [0.4, 0.5) is 0 Å². The van der Waals surface area contributed by atoms with Crippen molar-refractivity contribution in [3.8, 4) is 5.75 Å². The fourth-order valence-electron chi connectivity index (χ4n) is 2.73. The van der Waals surface area contributed by atoms with Crippen LogP contribution in [0.25, 0.3) is 4.96 Å². The van der Waals surface area contributed by atoms with Gasteiger partial charge in [0.05, 0.1) is 7.11 Å². The minimum Gasteiger partial charge on any atom is -0.497 e. The molecule has 2 aromatic heterocycles. The van der Waals surface area contributed by atoms with Gasteiger partial charge in [-0.1, -0.05) is 53.8 Å². The van der Waals surface area contributed by atoms with Gasteiger partial charge < -0.3 is 4.74 Å². The molecule has 5 nitrogen and oxygen atoms in total. The molecule has 0 saturated heterocycles. The Morgan fingerprint density at radius 2 is 1.72 bits per heavy atom. The molecule has 0 fully saturated rings. The first-order valence-electron chi connectivity index (χ1n) is 8.18. The summed E-state index contributed by atoms with van der Waals surface area (Å²) in [4.78, 5) is 0.853. The van der Waals surface area contributed by atoms with E-state index in [1.165, 1.54) is 5.56 Å². The Hall–Kier alpha value is -2.73. The number of fused-ring (bicyclic) bond motifs is 1. The molecule has 0 N–H and O–H groups in total. The lowest BCUT2D eigenvalue weighted by Gasteiger charge is -2.01. The highest BCUT2D eigenvalue weighted by atomic mass is 32.1. The standard InChI is InChI=1S/C19H18N4OS/c1-24-16-10-7-15(8-11-16)13-17-20-21-19-23(17)22-18(25-19)12-9-14-5-3-2-4-6-14/h2-8,10-11H,9,12-13H2,1H3. The monoisotopic (exact) mass is 350 g/mol. The molecule has 6 heteroatoms. The summed E-state index contributed by atoms with van der Waals surface area (Å²) in [5.41, 5.74) is 2.49. The number of aryl methyl sites for hydroxylation is 2. The van der Waals surface area contributed by atoms with E-state index >= 15 is 0 Å². The maximum atomic E-state index is 5.20. The zero-order chi connectivity index (χ0) is 17.1. The van der Waals surface area contributed by atoms with Gasteiger partial charge in [0, 0.05) is 12.8 Å². The van der Waals surface area contributed by atoms with Crippen molar-refractivity contribution in [3.05, 3.63) is 76.6 Å². The van der Waals surface area contributed by atoms with Crippen LogP contribution in [0.5, 0.6) is 5.75 Å². The average Bonchev–Trinajstić information content (AvgIpc) is 3.23. The van der Waals surface area contributed by atoms with Crippen molar-refractivity contribution in [2.24, 2.45) is 0 Å². The SMILES string of the molecule is COc1ccc(Cc2nnc3sc(CCc4ccccc4)nn23)cc1. The number of benzene rings is 2. The van der Waals surface area contributed by atoms with E-state index in [0.717, 1.165) is 39.9 Å². The molecule has 2 heterocycles. The van der Waals surface area contributed by atoms with Crippen molar-refractivity contribution in [3.63, 3.8) is 0 Å². The van der Waals surface area contributed by atoms with Crippen molar-refractivity contribution in [1.29, 1.82) is 0 Å². The van der Waals surface area contributed by atoms with E-state index < -0.39 is 0 Å². The predicted octanol–water partition coefficient (Wildman–Crippen LogP) is 3.57. The Balaban J connectivity index is 1.49. The van der Waals surface area contributed by atoms with Crippen LogP contribution in [-0.4, -0.2) is 26.9 Å². The molecule has 0 aliphatic rings. The Morgan fingerprint density at radius 1 is 0.920 bits per heavy atom. The van der Waals surface area contributed by atoms with Gasteiger partial charge >= 0.3 is 0 Å². The quantitative estimate of drug-likeness (QED) is 0.533. The van der Waals surface area contributed by atoms with Crippen LogP contribution in [0.1, 0.15) is 22.0 Å². The number of methoxy groups -OCH3 is 1. The Kier molecular flexibility index (Phi) is 4.43. The van der Waals surface area contributed by atoms with Crippen LogP contribution in [0, 0.1) is 0 Å². The number of hydrogen-bond acceptors (Lipinski definition) is 5. The van der Waals surface area contributed by atoms with Crippen molar-refractivity contribution < 1.29 is 4.74 Å². The Morgan fingerprint density at radius 3 is 2.48 bits per heavy atom. The third-order valence-corrected chi connectivity index (χ3v) is 5.05.